The van der Waals surface area contributed by atoms with Crippen molar-refractivity contribution in [2.45, 2.75) is 25.3 Å². The van der Waals surface area contributed by atoms with Gasteiger partial charge in [-0.1, -0.05) is 15.9 Å². The zero-order chi connectivity index (χ0) is 14.1. The fourth-order valence-electron chi connectivity index (χ4n) is 2.54. The van der Waals surface area contributed by atoms with Gasteiger partial charge >= 0.3 is 0 Å². The molecule has 3 rings (SSSR count). The third kappa shape index (κ3) is 2.53. The Kier molecular flexibility index (Phi) is 3.43. The average molecular weight is 337 g/mol. The highest BCUT2D eigenvalue weighted by atomic mass is 79.9. The Bertz CT molecular complexity index is 656. The Morgan fingerprint density at radius 3 is 3.15 bits per heavy atom. The monoisotopic (exact) mass is 336 g/mol. The van der Waals surface area contributed by atoms with Crippen LogP contribution in [-0.2, 0) is 12.8 Å². The molecule has 20 heavy (non-hydrogen) atoms. The van der Waals surface area contributed by atoms with E-state index in [2.05, 4.69) is 31.4 Å². The Morgan fingerprint density at radius 1 is 1.50 bits per heavy atom. The molecule has 1 unspecified atom stereocenters. The van der Waals surface area contributed by atoms with E-state index in [4.69, 9.17) is 0 Å². The largest absolute Gasteiger partial charge is 0.376 e. The van der Waals surface area contributed by atoms with Gasteiger partial charge in [0.25, 0.3) is 5.69 Å². The van der Waals surface area contributed by atoms with E-state index in [1.54, 1.807) is 12.1 Å². The Morgan fingerprint density at radius 2 is 2.35 bits per heavy atom. The summed E-state index contributed by atoms with van der Waals surface area (Å²) in [6, 6.07) is 5.27. The fraction of sp³-hybridized carbons (Fsp3) is 0.308. The number of benzene rings is 1. The van der Waals surface area contributed by atoms with Crippen LogP contribution in [0.3, 0.4) is 0 Å². The van der Waals surface area contributed by atoms with Crippen molar-refractivity contribution in [3.05, 3.63) is 50.2 Å². The average Bonchev–Trinajstić information content (AvgIpc) is 2.88. The number of nitro groups is 1. The van der Waals surface area contributed by atoms with Gasteiger partial charge in [-0.3, -0.25) is 15.2 Å². The summed E-state index contributed by atoms with van der Waals surface area (Å²) in [6.07, 6.45) is 4.51. The molecule has 1 aromatic carbocycles. The predicted molar refractivity (Wildman–Crippen MR) is 78.8 cm³/mol. The van der Waals surface area contributed by atoms with Gasteiger partial charge in [0.1, 0.15) is 5.69 Å². The lowest BCUT2D eigenvalue weighted by Gasteiger charge is -2.23. The number of aromatic nitrogens is 2. The number of nitrogens with one attached hydrogen (secondary N) is 2. The number of hydrogen-bond donors (Lipinski definition) is 2. The molecule has 2 N–H and O–H groups in total. The summed E-state index contributed by atoms with van der Waals surface area (Å²) < 4.78 is 0.704. The number of anilines is 1. The van der Waals surface area contributed by atoms with Crippen LogP contribution in [0.2, 0.25) is 0 Å². The van der Waals surface area contributed by atoms with Crippen LogP contribution >= 0.6 is 15.9 Å². The first-order chi connectivity index (χ1) is 9.63. The molecule has 0 amide bonds. The van der Waals surface area contributed by atoms with Gasteiger partial charge in [0, 0.05) is 22.3 Å². The van der Waals surface area contributed by atoms with Crippen LogP contribution in [0.4, 0.5) is 11.4 Å². The summed E-state index contributed by atoms with van der Waals surface area (Å²) >= 11 is 3.26. The van der Waals surface area contributed by atoms with Crippen molar-refractivity contribution in [2.24, 2.45) is 0 Å². The number of nitrogens with zero attached hydrogens (tertiary/aromatic N) is 2. The molecule has 0 fully saturated rings. The number of halogens is 1. The summed E-state index contributed by atoms with van der Waals surface area (Å²) in [5, 5.41) is 21.4. The summed E-state index contributed by atoms with van der Waals surface area (Å²) in [5.41, 5.74) is 3.02. The summed E-state index contributed by atoms with van der Waals surface area (Å²) in [6.45, 7) is 0. The highest BCUT2D eigenvalue weighted by molar-refractivity contribution is 9.10. The van der Waals surface area contributed by atoms with Crippen molar-refractivity contribution in [2.75, 3.05) is 5.32 Å². The van der Waals surface area contributed by atoms with Gasteiger partial charge < -0.3 is 5.32 Å². The number of aromatic amines is 1. The van der Waals surface area contributed by atoms with Gasteiger partial charge in [-0.05, 0) is 37.0 Å². The third-order valence-corrected chi connectivity index (χ3v) is 4.03. The smallest absolute Gasteiger partial charge is 0.293 e. The van der Waals surface area contributed by atoms with Crippen molar-refractivity contribution in [1.29, 1.82) is 0 Å². The molecule has 0 saturated carbocycles. The Balaban J connectivity index is 1.81. The molecular formula is C13H13BrN4O2. The van der Waals surface area contributed by atoms with E-state index >= 15 is 0 Å². The maximum absolute atomic E-state index is 11.1. The molecule has 1 aliphatic carbocycles. The zero-order valence-corrected chi connectivity index (χ0v) is 12.2. The number of hydrogen-bond acceptors (Lipinski definition) is 4. The van der Waals surface area contributed by atoms with E-state index in [-0.39, 0.29) is 16.7 Å². The lowest BCUT2D eigenvalue weighted by molar-refractivity contribution is -0.384. The molecule has 7 heteroatoms. The summed E-state index contributed by atoms with van der Waals surface area (Å²) in [7, 11) is 0. The third-order valence-electron chi connectivity index (χ3n) is 3.53. The molecule has 0 spiro atoms. The molecule has 0 bridgehead atoms. The maximum Gasteiger partial charge on any atom is 0.293 e. The minimum atomic E-state index is -0.362. The van der Waals surface area contributed by atoms with Gasteiger partial charge in [-0.25, -0.2) is 0 Å². The normalized spacial score (nSPS) is 17.6. The summed E-state index contributed by atoms with van der Waals surface area (Å²) in [4.78, 5) is 10.7. The van der Waals surface area contributed by atoms with Crippen molar-refractivity contribution in [3.8, 4) is 0 Å². The van der Waals surface area contributed by atoms with Gasteiger partial charge in [-0.15, -0.1) is 0 Å². The van der Waals surface area contributed by atoms with E-state index < -0.39 is 0 Å². The minimum absolute atomic E-state index is 0.0948. The predicted octanol–water partition coefficient (Wildman–Crippen LogP) is 3.05. The van der Waals surface area contributed by atoms with Crippen LogP contribution in [0.1, 0.15) is 17.7 Å². The minimum Gasteiger partial charge on any atom is -0.376 e. The highest BCUT2D eigenvalue weighted by Gasteiger charge is 2.22. The number of nitro benzene ring substituents is 1. The van der Waals surface area contributed by atoms with Crippen molar-refractivity contribution >= 4 is 27.3 Å². The fourth-order valence-corrected chi connectivity index (χ4v) is 2.89. The first kappa shape index (κ1) is 13.1. The molecule has 0 radical (unpaired) electrons. The molecule has 1 aromatic heterocycles. The molecule has 1 aliphatic rings. The van der Waals surface area contributed by atoms with Crippen LogP contribution in [0.15, 0.2) is 28.9 Å². The lowest BCUT2D eigenvalue weighted by atomic mass is 9.93. The zero-order valence-electron chi connectivity index (χ0n) is 10.6. The Hall–Kier alpha value is -1.89. The van der Waals surface area contributed by atoms with Crippen LogP contribution in [0.25, 0.3) is 0 Å². The molecule has 6 nitrogen and oxygen atoms in total. The second-order valence-corrected chi connectivity index (χ2v) is 5.79. The molecule has 2 aromatic rings. The summed E-state index contributed by atoms with van der Waals surface area (Å²) in [5.74, 6) is 0. The van der Waals surface area contributed by atoms with Crippen LogP contribution in [0.5, 0.6) is 0 Å². The van der Waals surface area contributed by atoms with Crippen molar-refractivity contribution < 1.29 is 4.92 Å². The van der Waals surface area contributed by atoms with Crippen molar-refractivity contribution in [1.82, 2.24) is 10.2 Å². The number of fused-ring (bicyclic) bond motifs is 1. The first-order valence-electron chi connectivity index (χ1n) is 6.35. The molecule has 1 heterocycles. The molecular weight excluding hydrogens is 324 g/mol. The molecule has 104 valence electrons. The van der Waals surface area contributed by atoms with Crippen LogP contribution < -0.4 is 5.32 Å². The number of aryl methyl sites for hydroxylation is 1. The van der Waals surface area contributed by atoms with E-state index in [1.165, 1.54) is 17.3 Å². The maximum atomic E-state index is 11.1. The quantitative estimate of drug-likeness (QED) is 0.666. The second kappa shape index (κ2) is 5.24. The lowest BCUT2D eigenvalue weighted by Crippen LogP contribution is -2.27. The van der Waals surface area contributed by atoms with E-state index in [0.29, 0.717) is 10.2 Å². The van der Waals surface area contributed by atoms with Gasteiger partial charge in [0.15, 0.2) is 0 Å². The first-order valence-corrected chi connectivity index (χ1v) is 7.14. The van der Waals surface area contributed by atoms with Crippen LogP contribution in [0, 0.1) is 10.1 Å². The van der Waals surface area contributed by atoms with E-state index in [0.717, 1.165) is 19.3 Å². The highest BCUT2D eigenvalue weighted by Crippen LogP contribution is 2.30. The second-order valence-electron chi connectivity index (χ2n) is 4.88. The van der Waals surface area contributed by atoms with Crippen molar-refractivity contribution in [3.63, 3.8) is 0 Å². The van der Waals surface area contributed by atoms with Crippen LogP contribution in [-0.4, -0.2) is 21.2 Å². The molecule has 0 aliphatic heterocycles. The van der Waals surface area contributed by atoms with E-state index in [9.17, 15) is 10.1 Å². The topological polar surface area (TPSA) is 83.9 Å². The standard InChI is InChI=1S/C13H13BrN4O2/c14-9-1-3-12(13(6-9)18(19)20)16-10-2-4-11-8(5-10)7-15-17-11/h1,3,6-7,10,16H,2,4-5H2,(H,15,17). The number of H-pyrrole nitrogens is 1. The van der Waals surface area contributed by atoms with Gasteiger partial charge in [0.05, 0.1) is 11.1 Å². The molecule has 0 saturated heterocycles. The SMILES string of the molecule is O=[N+]([O-])c1cc(Br)ccc1NC1CCc2[nH]ncc2C1. The number of rotatable bonds is 3. The Labute approximate surface area is 123 Å². The van der Waals surface area contributed by atoms with Gasteiger partial charge in [0.2, 0.25) is 0 Å². The van der Waals surface area contributed by atoms with Gasteiger partial charge in [-0.2, -0.15) is 5.10 Å². The molecule has 1 atom stereocenters. The van der Waals surface area contributed by atoms with E-state index in [1.807, 2.05) is 6.20 Å².